The summed E-state index contributed by atoms with van der Waals surface area (Å²) in [7, 11) is 0. The molecule has 76 valence electrons. The molecule has 1 heterocycles. The molecule has 1 saturated carbocycles. The van der Waals surface area contributed by atoms with E-state index in [2.05, 4.69) is 20.9 Å². The molecule has 1 aliphatic carbocycles. The molecule has 2 atom stereocenters. The van der Waals surface area contributed by atoms with E-state index in [0.717, 1.165) is 35.8 Å². The van der Waals surface area contributed by atoms with Crippen LogP contribution in [0.3, 0.4) is 0 Å². The first-order valence-corrected chi connectivity index (χ1v) is 5.82. The lowest BCUT2D eigenvalue weighted by atomic mass is 10.0. The Balaban J connectivity index is 2.01. The largest absolute Gasteiger partial charge is 0.393 e. The average Bonchev–Trinajstić information content (AvgIpc) is 2.56. The number of aliphatic hydroxyl groups is 1. The van der Waals surface area contributed by atoms with E-state index in [9.17, 15) is 5.11 Å². The van der Waals surface area contributed by atoms with Crippen molar-refractivity contribution in [3.8, 4) is 0 Å². The van der Waals surface area contributed by atoms with E-state index in [4.69, 9.17) is 0 Å². The maximum absolute atomic E-state index is 9.41. The monoisotopic (exact) mass is 255 g/mol. The molecule has 0 bridgehead atoms. The third-order valence-corrected chi connectivity index (χ3v) is 3.55. The summed E-state index contributed by atoms with van der Waals surface area (Å²) in [6.07, 6.45) is 5.74. The Labute approximate surface area is 92.5 Å². The summed E-state index contributed by atoms with van der Waals surface area (Å²) >= 11 is 3.49. The molecule has 14 heavy (non-hydrogen) atoms. The molecule has 0 aromatic carbocycles. The molecule has 1 aromatic heterocycles. The van der Waals surface area contributed by atoms with Gasteiger partial charge in [-0.1, -0.05) is 0 Å². The molecular weight excluding hydrogens is 242 g/mol. The summed E-state index contributed by atoms with van der Waals surface area (Å²) in [5.41, 5.74) is 1.12. The molecule has 2 nitrogen and oxygen atoms in total. The highest BCUT2D eigenvalue weighted by Crippen LogP contribution is 2.29. The summed E-state index contributed by atoms with van der Waals surface area (Å²) < 4.78 is 1.08. The van der Waals surface area contributed by atoms with Gasteiger partial charge < -0.3 is 5.11 Å². The molecule has 0 radical (unpaired) electrons. The van der Waals surface area contributed by atoms with Gasteiger partial charge in [0.25, 0.3) is 0 Å². The molecule has 1 aliphatic rings. The number of hydrogen-bond donors (Lipinski definition) is 1. The van der Waals surface area contributed by atoms with Gasteiger partial charge in [0.2, 0.25) is 0 Å². The number of nitrogens with zero attached hydrogens (tertiary/aromatic N) is 1. The zero-order chi connectivity index (χ0) is 9.97. The third-order valence-electron chi connectivity index (χ3n) is 2.83. The topological polar surface area (TPSA) is 33.1 Å². The quantitative estimate of drug-likeness (QED) is 0.882. The second-order valence-electron chi connectivity index (χ2n) is 3.97. The lowest BCUT2D eigenvalue weighted by Crippen LogP contribution is -2.04. The minimum absolute atomic E-state index is 0.0810. The van der Waals surface area contributed by atoms with Crippen LogP contribution < -0.4 is 0 Å². The van der Waals surface area contributed by atoms with E-state index >= 15 is 0 Å². The van der Waals surface area contributed by atoms with Gasteiger partial charge in [0.05, 0.1) is 11.8 Å². The molecule has 1 N–H and O–H groups in total. The first kappa shape index (κ1) is 10.1. The van der Waals surface area contributed by atoms with E-state index < -0.39 is 0 Å². The van der Waals surface area contributed by atoms with Gasteiger partial charge in [-0.3, -0.25) is 4.98 Å². The van der Waals surface area contributed by atoms with Crippen LogP contribution in [0.5, 0.6) is 0 Å². The predicted molar refractivity (Wildman–Crippen MR) is 59.0 cm³/mol. The van der Waals surface area contributed by atoms with Crippen LogP contribution in [-0.2, 0) is 6.42 Å². The van der Waals surface area contributed by atoms with Gasteiger partial charge in [-0.15, -0.1) is 0 Å². The van der Waals surface area contributed by atoms with Crippen molar-refractivity contribution >= 4 is 15.9 Å². The van der Waals surface area contributed by atoms with Crippen LogP contribution in [0.25, 0.3) is 0 Å². The number of rotatable bonds is 2. The summed E-state index contributed by atoms with van der Waals surface area (Å²) in [6.45, 7) is 0. The van der Waals surface area contributed by atoms with Crippen LogP contribution in [0.4, 0.5) is 0 Å². The summed E-state index contributed by atoms with van der Waals surface area (Å²) in [4.78, 5) is 4.34. The van der Waals surface area contributed by atoms with Crippen LogP contribution in [0, 0.1) is 5.92 Å². The third kappa shape index (κ3) is 2.34. The molecule has 0 amide bonds. The van der Waals surface area contributed by atoms with E-state index in [1.807, 2.05) is 18.3 Å². The summed E-state index contributed by atoms with van der Waals surface area (Å²) in [5.74, 6) is 0.608. The zero-order valence-corrected chi connectivity index (χ0v) is 9.57. The van der Waals surface area contributed by atoms with Crippen LogP contribution in [-0.4, -0.2) is 16.2 Å². The Morgan fingerprint density at radius 2 is 2.36 bits per heavy atom. The molecule has 2 rings (SSSR count). The highest BCUT2D eigenvalue weighted by Gasteiger charge is 2.23. The van der Waals surface area contributed by atoms with Crippen molar-refractivity contribution in [1.82, 2.24) is 4.98 Å². The first-order chi connectivity index (χ1) is 6.75. The van der Waals surface area contributed by atoms with Gasteiger partial charge in [0.1, 0.15) is 0 Å². The number of hydrogen-bond acceptors (Lipinski definition) is 2. The van der Waals surface area contributed by atoms with Crippen molar-refractivity contribution in [2.24, 2.45) is 5.92 Å². The van der Waals surface area contributed by atoms with Crippen molar-refractivity contribution in [3.05, 3.63) is 28.5 Å². The van der Waals surface area contributed by atoms with Crippen molar-refractivity contribution in [1.29, 1.82) is 0 Å². The van der Waals surface area contributed by atoms with Crippen LogP contribution >= 0.6 is 15.9 Å². The predicted octanol–water partition coefficient (Wildman–Crippen LogP) is 2.55. The molecule has 0 spiro atoms. The highest BCUT2D eigenvalue weighted by atomic mass is 79.9. The van der Waals surface area contributed by atoms with Gasteiger partial charge in [0.15, 0.2) is 0 Å². The van der Waals surface area contributed by atoms with Crippen LogP contribution in [0.2, 0.25) is 0 Å². The van der Waals surface area contributed by atoms with Crippen molar-refractivity contribution in [2.45, 2.75) is 31.8 Å². The minimum atomic E-state index is -0.0810. The number of aliphatic hydroxyl groups excluding tert-OH is 1. The Kier molecular flexibility index (Phi) is 3.19. The summed E-state index contributed by atoms with van der Waals surface area (Å²) in [5, 5.41) is 9.41. The van der Waals surface area contributed by atoms with E-state index in [0.29, 0.717) is 5.92 Å². The zero-order valence-electron chi connectivity index (χ0n) is 7.99. The highest BCUT2D eigenvalue weighted by molar-refractivity contribution is 9.10. The Morgan fingerprint density at radius 3 is 3.00 bits per heavy atom. The van der Waals surface area contributed by atoms with E-state index in [-0.39, 0.29) is 6.10 Å². The van der Waals surface area contributed by atoms with Crippen molar-refractivity contribution < 1.29 is 5.11 Å². The maximum atomic E-state index is 9.41. The van der Waals surface area contributed by atoms with Crippen LogP contribution in [0.1, 0.15) is 25.0 Å². The minimum Gasteiger partial charge on any atom is -0.393 e. The second kappa shape index (κ2) is 4.41. The molecule has 1 aromatic rings. The van der Waals surface area contributed by atoms with E-state index in [1.165, 1.54) is 0 Å². The molecule has 2 unspecified atom stereocenters. The first-order valence-electron chi connectivity index (χ1n) is 5.03. The van der Waals surface area contributed by atoms with Crippen molar-refractivity contribution in [3.63, 3.8) is 0 Å². The average molecular weight is 256 g/mol. The van der Waals surface area contributed by atoms with Crippen molar-refractivity contribution in [2.75, 3.05) is 0 Å². The molecule has 0 saturated heterocycles. The second-order valence-corrected chi connectivity index (χ2v) is 4.82. The van der Waals surface area contributed by atoms with Gasteiger partial charge >= 0.3 is 0 Å². The normalized spacial score (nSPS) is 26.7. The SMILES string of the molecule is OC1CCC(Cc2ncccc2Br)C1. The molecule has 3 heteroatoms. The Bertz CT molecular complexity index is 316. The number of pyridine rings is 1. The fourth-order valence-electron chi connectivity index (χ4n) is 2.08. The molecule has 0 aliphatic heterocycles. The smallest absolute Gasteiger partial charge is 0.0548 e. The fourth-order valence-corrected chi connectivity index (χ4v) is 2.49. The maximum Gasteiger partial charge on any atom is 0.0548 e. The number of halogens is 1. The van der Waals surface area contributed by atoms with E-state index in [1.54, 1.807) is 0 Å². The van der Waals surface area contributed by atoms with Crippen LogP contribution in [0.15, 0.2) is 22.8 Å². The van der Waals surface area contributed by atoms with Gasteiger partial charge in [-0.05, 0) is 59.7 Å². The standard InChI is InChI=1S/C11H14BrNO/c12-10-2-1-5-13-11(10)7-8-3-4-9(14)6-8/h1-2,5,8-9,14H,3-4,6-7H2. The molecular formula is C11H14BrNO. The van der Waals surface area contributed by atoms with Gasteiger partial charge in [-0.25, -0.2) is 0 Å². The Morgan fingerprint density at radius 1 is 1.50 bits per heavy atom. The van der Waals surface area contributed by atoms with Gasteiger partial charge in [0, 0.05) is 10.7 Å². The Hall–Kier alpha value is -0.410. The summed E-state index contributed by atoms with van der Waals surface area (Å²) in [6, 6.07) is 3.95. The fraction of sp³-hybridized carbons (Fsp3) is 0.545. The lowest BCUT2D eigenvalue weighted by Gasteiger charge is -2.09. The molecule has 1 fully saturated rings. The lowest BCUT2D eigenvalue weighted by molar-refractivity contribution is 0.177. The number of aromatic nitrogens is 1. The van der Waals surface area contributed by atoms with Gasteiger partial charge in [-0.2, -0.15) is 0 Å².